The van der Waals surface area contributed by atoms with Gasteiger partial charge < -0.3 is 65.1 Å². The quantitative estimate of drug-likeness (QED) is 0.0204. The first-order valence-electron chi connectivity index (χ1n) is 36.7. The molecule has 2 rings (SSSR count). The largest absolute Gasteiger partial charge is 0.394 e. The van der Waals surface area contributed by atoms with E-state index in [2.05, 4.69) is 55.6 Å². The van der Waals surface area contributed by atoms with Gasteiger partial charge in [0.2, 0.25) is 5.91 Å². The van der Waals surface area contributed by atoms with Crippen molar-refractivity contribution in [3.63, 3.8) is 0 Å². The second-order valence-corrected chi connectivity index (χ2v) is 26.1. The van der Waals surface area contributed by atoms with Crippen molar-refractivity contribution >= 4 is 5.91 Å². The third-order valence-corrected chi connectivity index (χ3v) is 18.1. The molecule has 0 aromatic rings. The summed E-state index contributed by atoms with van der Waals surface area (Å²) in [6.07, 6.45) is 57.3. The summed E-state index contributed by atoms with van der Waals surface area (Å²) >= 11 is 0. The highest BCUT2D eigenvalue weighted by Crippen LogP contribution is 2.30. The van der Waals surface area contributed by atoms with Gasteiger partial charge in [-0.15, -0.1) is 0 Å². The molecule has 2 aliphatic heterocycles. The summed E-state index contributed by atoms with van der Waals surface area (Å²) in [5.41, 5.74) is 0. The van der Waals surface area contributed by atoms with Crippen molar-refractivity contribution < 1.29 is 64.6 Å². The van der Waals surface area contributed by atoms with Gasteiger partial charge in [0, 0.05) is 6.42 Å². The molecule has 0 aliphatic carbocycles. The third-order valence-electron chi connectivity index (χ3n) is 18.1. The minimum atomic E-state index is -1.78. The Hall–Kier alpha value is -1.79. The van der Waals surface area contributed by atoms with Gasteiger partial charge in [0.15, 0.2) is 12.6 Å². The number of carbonyl (C=O) groups is 1. The zero-order valence-electron chi connectivity index (χ0n) is 55.8. The maximum Gasteiger partial charge on any atom is 0.220 e. The van der Waals surface area contributed by atoms with Crippen LogP contribution >= 0.6 is 0 Å². The van der Waals surface area contributed by atoms with Crippen molar-refractivity contribution in [3.8, 4) is 0 Å². The summed E-state index contributed by atoms with van der Waals surface area (Å²) in [6.45, 7) is 2.90. The number of rotatable bonds is 61. The molecule has 0 radical (unpaired) electrons. The lowest BCUT2D eigenvalue weighted by Gasteiger charge is -2.46. The van der Waals surface area contributed by atoms with Crippen LogP contribution in [0.2, 0.25) is 0 Å². The van der Waals surface area contributed by atoms with Crippen molar-refractivity contribution in [2.24, 2.45) is 0 Å². The predicted octanol–water partition coefficient (Wildman–Crippen LogP) is 15.3. The molecule has 0 saturated carbocycles. The Morgan fingerprint density at radius 3 is 1.16 bits per heavy atom. The molecule has 14 heteroatoms. The summed E-state index contributed by atoms with van der Waals surface area (Å²) in [4.78, 5) is 13.4. The zero-order chi connectivity index (χ0) is 63.1. The second kappa shape index (κ2) is 58.1. The fourth-order valence-corrected chi connectivity index (χ4v) is 12.2. The molecular weight excluding hydrogens is 1100 g/mol. The van der Waals surface area contributed by atoms with E-state index in [4.69, 9.17) is 18.9 Å². The SMILES string of the molecule is CCCCCCC/C=C\C/C=C\C/C=C\CCCCCCCCCCCCCCC(=O)NC(COC1OC(CO)C(OC2OC(CO)C(O)C(O)C2O)C(O)C1O)C(O)CCCCCCCCCCCCCCCCCCCCCCCCCCCC. The second-order valence-electron chi connectivity index (χ2n) is 26.1. The molecule has 512 valence electrons. The van der Waals surface area contributed by atoms with Crippen molar-refractivity contribution in [3.05, 3.63) is 36.5 Å². The number of nitrogens with one attached hydrogen (secondary N) is 1. The van der Waals surface area contributed by atoms with Gasteiger partial charge in [0.1, 0.15) is 48.8 Å². The highest BCUT2D eigenvalue weighted by atomic mass is 16.7. The number of amides is 1. The van der Waals surface area contributed by atoms with Crippen LogP contribution in [0.3, 0.4) is 0 Å². The molecule has 1 amide bonds. The molecule has 0 spiro atoms. The molecule has 12 unspecified atom stereocenters. The van der Waals surface area contributed by atoms with E-state index in [1.807, 2.05) is 0 Å². The molecule has 87 heavy (non-hydrogen) atoms. The smallest absolute Gasteiger partial charge is 0.220 e. The highest BCUT2D eigenvalue weighted by molar-refractivity contribution is 5.76. The Labute approximate surface area is 531 Å². The van der Waals surface area contributed by atoms with Gasteiger partial charge in [-0.05, 0) is 51.4 Å². The molecule has 0 aromatic carbocycles. The van der Waals surface area contributed by atoms with E-state index in [1.54, 1.807) is 0 Å². The van der Waals surface area contributed by atoms with Gasteiger partial charge in [-0.3, -0.25) is 4.79 Å². The minimum Gasteiger partial charge on any atom is -0.394 e. The summed E-state index contributed by atoms with van der Waals surface area (Å²) in [5.74, 6) is -0.204. The maximum absolute atomic E-state index is 13.4. The Morgan fingerprint density at radius 1 is 0.414 bits per heavy atom. The number of aliphatic hydroxyl groups is 8. The van der Waals surface area contributed by atoms with E-state index >= 15 is 0 Å². The summed E-state index contributed by atoms with van der Waals surface area (Å²) in [6, 6.07) is -0.832. The third kappa shape index (κ3) is 42.1. The molecule has 14 nitrogen and oxygen atoms in total. The lowest BCUT2D eigenvalue weighted by molar-refractivity contribution is -0.359. The number of hydrogen-bond donors (Lipinski definition) is 9. The van der Waals surface area contributed by atoms with Crippen LogP contribution < -0.4 is 5.32 Å². The molecule has 0 aromatic heterocycles. The van der Waals surface area contributed by atoms with E-state index in [0.717, 1.165) is 64.2 Å². The van der Waals surface area contributed by atoms with Crippen LogP contribution in [0.25, 0.3) is 0 Å². The van der Waals surface area contributed by atoms with Gasteiger partial charge in [-0.25, -0.2) is 0 Å². The average molecular weight is 1240 g/mol. The van der Waals surface area contributed by atoms with E-state index < -0.39 is 86.8 Å². The van der Waals surface area contributed by atoms with E-state index in [9.17, 15) is 45.6 Å². The van der Waals surface area contributed by atoms with Gasteiger partial charge in [0.25, 0.3) is 0 Å². The van der Waals surface area contributed by atoms with Gasteiger partial charge >= 0.3 is 0 Å². The molecule has 12 atom stereocenters. The number of carbonyl (C=O) groups excluding carboxylic acids is 1. The first-order chi connectivity index (χ1) is 42.6. The molecule has 2 aliphatic rings. The van der Waals surface area contributed by atoms with Crippen LogP contribution in [0.1, 0.15) is 328 Å². The first kappa shape index (κ1) is 81.3. The Morgan fingerprint density at radius 2 is 0.759 bits per heavy atom. The number of aliphatic hydroxyl groups excluding tert-OH is 8. The Bertz CT molecular complexity index is 1600. The number of hydrogen-bond acceptors (Lipinski definition) is 13. The number of allylic oxidation sites excluding steroid dienone is 6. The van der Waals surface area contributed by atoms with Crippen molar-refractivity contribution in [2.45, 2.75) is 402 Å². The molecule has 2 saturated heterocycles. The monoisotopic (exact) mass is 1240 g/mol. The Balaban J connectivity index is 1.66. The minimum absolute atomic E-state index is 0.204. The lowest BCUT2D eigenvalue weighted by Crippen LogP contribution is -2.65. The molecule has 2 fully saturated rings. The Kier molecular flexibility index (Phi) is 54.3. The van der Waals surface area contributed by atoms with Crippen molar-refractivity contribution in [2.75, 3.05) is 19.8 Å². The standard InChI is InChI=1S/C73H137NO13/c1-3-5-7-9-11-13-15-17-19-21-23-25-27-29-31-33-35-37-39-41-43-45-47-49-51-53-55-57-65(78)74-61(60-84-72-70(83)68(81)71(64(59-76)86-72)87-73-69(82)67(80)66(79)63(58-75)85-73)62(77)56-54-52-50-48-46-44-42-40-38-36-34-32-30-28-26-24-22-20-18-16-14-12-10-8-6-4-2/h15,17,21,23,27,29,61-64,66-73,75-77,79-83H,3-14,16,18-20,22,24-26,28,30-60H2,1-2H3,(H,74,78)/b17-15-,23-21-,29-27-. The van der Waals surface area contributed by atoms with Crippen LogP contribution in [-0.4, -0.2) is 140 Å². The first-order valence-corrected chi connectivity index (χ1v) is 36.7. The van der Waals surface area contributed by atoms with Gasteiger partial charge in [-0.1, -0.05) is 307 Å². The maximum atomic E-state index is 13.4. The van der Waals surface area contributed by atoms with E-state index in [0.29, 0.717) is 12.8 Å². The van der Waals surface area contributed by atoms with Crippen LogP contribution in [-0.2, 0) is 23.7 Å². The van der Waals surface area contributed by atoms with Crippen molar-refractivity contribution in [1.82, 2.24) is 5.32 Å². The topological polar surface area (TPSA) is 228 Å². The van der Waals surface area contributed by atoms with Crippen LogP contribution in [0, 0.1) is 0 Å². The zero-order valence-corrected chi connectivity index (χ0v) is 55.8. The van der Waals surface area contributed by atoms with Crippen LogP contribution in [0.4, 0.5) is 0 Å². The molecule has 2 heterocycles. The van der Waals surface area contributed by atoms with Crippen LogP contribution in [0.15, 0.2) is 36.5 Å². The summed E-state index contributed by atoms with van der Waals surface area (Å²) < 4.78 is 22.9. The van der Waals surface area contributed by atoms with Gasteiger partial charge in [0.05, 0.1) is 32.0 Å². The molecule has 9 N–H and O–H groups in total. The molecular formula is C73H137NO13. The van der Waals surface area contributed by atoms with Gasteiger partial charge in [-0.2, -0.15) is 0 Å². The van der Waals surface area contributed by atoms with E-state index in [-0.39, 0.29) is 12.5 Å². The predicted molar refractivity (Wildman–Crippen MR) is 355 cm³/mol. The van der Waals surface area contributed by atoms with E-state index in [1.165, 1.54) is 238 Å². The van der Waals surface area contributed by atoms with Crippen LogP contribution in [0.5, 0.6) is 0 Å². The summed E-state index contributed by atoms with van der Waals surface area (Å²) in [7, 11) is 0. The average Bonchev–Trinajstić information content (AvgIpc) is 2.58. The fraction of sp³-hybridized carbons (Fsp3) is 0.904. The van der Waals surface area contributed by atoms with Crippen molar-refractivity contribution in [1.29, 1.82) is 0 Å². The highest BCUT2D eigenvalue weighted by Gasteiger charge is 2.51. The summed E-state index contributed by atoms with van der Waals surface area (Å²) in [5, 5.41) is 87.7. The lowest BCUT2D eigenvalue weighted by atomic mass is 9.97. The molecule has 0 bridgehead atoms. The number of unbranched alkanes of at least 4 members (excludes halogenated alkanes) is 42. The fourth-order valence-electron chi connectivity index (χ4n) is 12.2. The number of ether oxygens (including phenoxy) is 4. The normalized spacial score (nSPS) is 23.4.